The summed E-state index contributed by atoms with van der Waals surface area (Å²) in [6.45, 7) is 10.2. The van der Waals surface area contributed by atoms with Crippen LogP contribution in [-0.4, -0.2) is 52.7 Å². The smallest absolute Gasteiger partial charge is 0.273 e. The molecule has 1 aliphatic carbocycles. The van der Waals surface area contributed by atoms with Crippen molar-refractivity contribution in [3.05, 3.63) is 11.4 Å². The largest absolute Gasteiger partial charge is 0.378 e. The highest BCUT2D eigenvalue weighted by Crippen LogP contribution is 2.51. The van der Waals surface area contributed by atoms with Crippen LogP contribution < -0.4 is 10.6 Å². The molecule has 1 saturated carbocycles. The molecule has 0 unspecified atom stereocenters. The van der Waals surface area contributed by atoms with Crippen molar-refractivity contribution in [2.45, 2.75) is 64.6 Å². The Morgan fingerprint density at radius 2 is 2.00 bits per heavy atom. The topological polar surface area (TPSA) is 81.1 Å². The van der Waals surface area contributed by atoms with Crippen molar-refractivity contribution in [2.75, 3.05) is 20.2 Å². The van der Waals surface area contributed by atoms with Crippen LogP contribution in [0.5, 0.6) is 0 Å². The van der Waals surface area contributed by atoms with E-state index in [9.17, 15) is 4.79 Å². The van der Waals surface area contributed by atoms with Gasteiger partial charge >= 0.3 is 0 Å². The zero-order valence-electron chi connectivity index (χ0n) is 15.3. The second-order valence-corrected chi connectivity index (χ2v) is 7.84. The van der Waals surface area contributed by atoms with Crippen molar-refractivity contribution >= 4 is 5.91 Å². The highest BCUT2D eigenvalue weighted by molar-refractivity contribution is 5.93. The van der Waals surface area contributed by atoms with Crippen molar-refractivity contribution in [3.8, 4) is 0 Å². The minimum absolute atomic E-state index is 0.0818. The number of amides is 1. The van der Waals surface area contributed by atoms with E-state index in [1.807, 2.05) is 11.6 Å². The summed E-state index contributed by atoms with van der Waals surface area (Å²) in [4.78, 5) is 12.7. The fourth-order valence-electron chi connectivity index (χ4n) is 3.90. The molecule has 7 nitrogen and oxygen atoms in total. The Labute approximate surface area is 143 Å². The normalized spacial score (nSPS) is 30.0. The van der Waals surface area contributed by atoms with Gasteiger partial charge in [-0.2, -0.15) is 0 Å². The molecule has 1 amide bonds. The number of aromatic nitrogens is 3. The number of nitrogens with zero attached hydrogens (tertiary/aromatic N) is 3. The zero-order chi connectivity index (χ0) is 17.5. The van der Waals surface area contributed by atoms with Gasteiger partial charge in [0.15, 0.2) is 5.69 Å². The Hall–Kier alpha value is -1.47. The van der Waals surface area contributed by atoms with E-state index >= 15 is 0 Å². The van der Waals surface area contributed by atoms with Gasteiger partial charge in [-0.25, -0.2) is 4.68 Å². The van der Waals surface area contributed by atoms with Gasteiger partial charge in [-0.05, 0) is 46.2 Å². The predicted octanol–water partition coefficient (Wildman–Crippen LogP) is 1.44. The lowest BCUT2D eigenvalue weighted by molar-refractivity contribution is -0.177. The van der Waals surface area contributed by atoms with E-state index in [1.165, 1.54) is 0 Å². The summed E-state index contributed by atoms with van der Waals surface area (Å²) in [5.41, 5.74) is 0.977. The van der Waals surface area contributed by atoms with Crippen molar-refractivity contribution in [2.24, 2.45) is 5.41 Å². The second-order valence-electron chi connectivity index (χ2n) is 7.84. The molecule has 3 rings (SSSR count). The molecule has 2 N–H and O–H groups in total. The average Bonchev–Trinajstić information content (AvgIpc) is 2.96. The van der Waals surface area contributed by atoms with Crippen molar-refractivity contribution in [1.29, 1.82) is 0 Å². The lowest BCUT2D eigenvalue weighted by Gasteiger charge is -2.59. The van der Waals surface area contributed by atoms with Gasteiger partial charge in [0.05, 0.1) is 17.3 Å². The van der Waals surface area contributed by atoms with Crippen LogP contribution in [0.15, 0.2) is 0 Å². The molecular formula is C17H29N5O2. The first-order valence-electron chi connectivity index (χ1n) is 8.78. The Morgan fingerprint density at radius 3 is 2.58 bits per heavy atom. The number of carbonyl (C=O) groups excluding carboxylic acids is 1. The van der Waals surface area contributed by atoms with Crippen LogP contribution in [0, 0.1) is 12.3 Å². The quantitative estimate of drug-likeness (QED) is 0.870. The highest BCUT2D eigenvalue weighted by Gasteiger charge is 2.58. The standard InChI is InChI=1S/C17H29N5O2/c1-11-14(20-21-22(11)12-6-8-18-9-7-12)15(23)19-13-10-17(4,24-5)16(13,2)3/h12-13,18H,6-10H2,1-5H3,(H,19,23)/t13-,17+/m1/s1. The lowest BCUT2D eigenvalue weighted by Crippen LogP contribution is -2.68. The van der Waals surface area contributed by atoms with E-state index in [-0.39, 0.29) is 23.0 Å². The minimum Gasteiger partial charge on any atom is -0.378 e. The molecule has 2 fully saturated rings. The molecule has 7 heteroatoms. The molecule has 1 saturated heterocycles. The lowest BCUT2D eigenvalue weighted by atomic mass is 9.56. The number of hydrogen-bond acceptors (Lipinski definition) is 5. The molecule has 0 spiro atoms. The van der Waals surface area contributed by atoms with Gasteiger partial charge in [-0.1, -0.05) is 19.1 Å². The Balaban J connectivity index is 1.69. The summed E-state index contributed by atoms with van der Waals surface area (Å²) >= 11 is 0. The van der Waals surface area contributed by atoms with Crippen LogP contribution in [0.3, 0.4) is 0 Å². The molecule has 24 heavy (non-hydrogen) atoms. The number of rotatable bonds is 4. The van der Waals surface area contributed by atoms with E-state index in [4.69, 9.17) is 4.74 Å². The van der Waals surface area contributed by atoms with Gasteiger partial charge in [0.25, 0.3) is 5.91 Å². The third-order valence-corrected chi connectivity index (χ3v) is 6.38. The number of hydrogen-bond donors (Lipinski definition) is 2. The van der Waals surface area contributed by atoms with Crippen molar-refractivity contribution in [1.82, 2.24) is 25.6 Å². The maximum Gasteiger partial charge on any atom is 0.273 e. The summed E-state index contributed by atoms with van der Waals surface area (Å²) in [5, 5.41) is 14.9. The molecule has 1 aromatic heterocycles. The number of nitrogens with one attached hydrogen (secondary N) is 2. The maximum absolute atomic E-state index is 12.7. The molecule has 134 valence electrons. The van der Waals surface area contributed by atoms with Gasteiger partial charge < -0.3 is 15.4 Å². The van der Waals surface area contributed by atoms with Gasteiger partial charge in [0, 0.05) is 18.6 Å². The monoisotopic (exact) mass is 335 g/mol. The second kappa shape index (κ2) is 6.11. The van der Waals surface area contributed by atoms with Crippen molar-refractivity contribution < 1.29 is 9.53 Å². The van der Waals surface area contributed by atoms with Crippen LogP contribution >= 0.6 is 0 Å². The third kappa shape index (κ3) is 2.63. The molecule has 0 radical (unpaired) electrons. The molecule has 0 aromatic carbocycles. The van der Waals surface area contributed by atoms with E-state index in [0.29, 0.717) is 11.7 Å². The molecule has 2 aliphatic rings. The molecular weight excluding hydrogens is 306 g/mol. The Bertz CT molecular complexity index is 620. The van der Waals surface area contributed by atoms with Gasteiger partial charge in [-0.3, -0.25) is 4.79 Å². The molecule has 0 bridgehead atoms. The maximum atomic E-state index is 12.7. The van der Waals surface area contributed by atoms with E-state index in [0.717, 1.165) is 38.0 Å². The summed E-state index contributed by atoms with van der Waals surface area (Å²) in [6, 6.07) is 0.413. The van der Waals surface area contributed by atoms with E-state index < -0.39 is 0 Å². The third-order valence-electron chi connectivity index (χ3n) is 6.38. The zero-order valence-corrected chi connectivity index (χ0v) is 15.3. The highest BCUT2D eigenvalue weighted by atomic mass is 16.5. The molecule has 1 aliphatic heterocycles. The number of methoxy groups -OCH3 is 1. The Morgan fingerprint density at radius 1 is 1.33 bits per heavy atom. The molecule has 2 heterocycles. The SMILES string of the molecule is CO[C@@]1(C)C[C@@H](NC(=O)c2nnn(C3CCNCC3)c2C)C1(C)C. The van der Waals surface area contributed by atoms with Crippen LogP contribution in [0.4, 0.5) is 0 Å². The first-order valence-corrected chi connectivity index (χ1v) is 8.78. The van der Waals surface area contributed by atoms with Crippen LogP contribution in [-0.2, 0) is 4.74 Å². The predicted molar refractivity (Wildman–Crippen MR) is 91.0 cm³/mol. The van der Waals surface area contributed by atoms with E-state index in [2.05, 4.69) is 41.7 Å². The van der Waals surface area contributed by atoms with Crippen LogP contribution in [0.1, 0.15) is 62.3 Å². The summed E-state index contributed by atoms with van der Waals surface area (Å²) in [5.74, 6) is -0.135. The first-order chi connectivity index (χ1) is 11.3. The minimum atomic E-state index is -0.202. The van der Waals surface area contributed by atoms with Crippen LogP contribution in [0.25, 0.3) is 0 Å². The number of ether oxygens (including phenoxy) is 1. The first kappa shape index (κ1) is 17.4. The van der Waals surface area contributed by atoms with Gasteiger partial charge in [-0.15, -0.1) is 5.10 Å². The summed E-state index contributed by atoms with van der Waals surface area (Å²) in [7, 11) is 1.73. The molecule has 2 atom stereocenters. The van der Waals surface area contributed by atoms with Crippen molar-refractivity contribution in [3.63, 3.8) is 0 Å². The number of carbonyl (C=O) groups is 1. The molecule has 1 aromatic rings. The Kier molecular flexibility index (Phi) is 4.42. The summed E-state index contributed by atoms with van der Waals surface area (Å²) < 4.78 is 7.54. The van der Waals surface area contributed by atoms with E-state index in [1.54, 1.807) is 7.11 Å². The van der Waals surface area contributed by atoms with Gasteiger partial charge in [0.1, 0.15) is 0 Å². The number of piperidine rings is 1. The van der Waals surface area contributed by atoms with Crippen LogP contribution in [0.2, 0.25) is 0 Å². The summed E-state index contributed by atoms with van der Waals surface area (Å²) in [6.07, 6.45) is 2.85. The fourth-order valence-corrected chi connectivity index (χ4v) is 3.90. The fraction of sp³-hybridized carbons (Fsp3) is 0.824. The van der Waals surface area contributed by atoms with Gasteiger partial charge in [0.2, 0.25) is 0 Å². The average molecular weight is 335 g/mol.